The number of hydrogen-bond donors (Lipinski definition) is 3. The molecule has 0 spiro atoms. The number of aromatic nitrogens is 2. The van der Waals surface area contributed by atoms with E-state index in [1.165, 1.54) is 5.56 Å². The van der Waals surface area contributed by atoms with Crippen molar-refractivity contribution in [2.24, 2.45) is 12.9 Å². The van der Waals surface area contributed by atoms with Gasteiger partial charge in [0, 0.05) is 12.6 Å². The Bertz CT molecular complexity index is 624. The third kappa shape index (κ3) is 2.59. The SMILES string of the molecule is Cn1ncc(C(CC2CCOc3ccccc32)NN)c1N. The maximum atomic E-state index is 6.06. The van der Waals surface area contributed by atoms with Crippen molar-refractivity contribution in [1.29, 1.82) is 0 Å². The molecular formula is C15H21N5O. The fourth-order valence-corrected chi connectivity index (χ4v) is 2.96. The Kier molecular flexibility index (Phi) is 3.81. The van der Waals surface area contributed by atoms with Gasteiger partial charge in [-0.3, -0.25) is 16.0 Å². The van der Waals surface area contributed by atoms with Gasteiger partial charge in [0.05, 0.1) is 18.8 Å². The quantitative estimate of drug-likeness (QED) is 0.585. The van der Waals surface area contributed by atoms with Crippen LogP contribution in [0.25, 0.3) is 0 Å². The molecule has 0 fully saturated rings. The summed E-state index contributed by atoms with van der Waals surface area (Å²) in [7, 11) is 1.83. The van der Waals surface area contributed by atoms with E-state index in [1.807, 2.05) is 25.2 Å². The predicted octanol–water partition coefficient (Wildman–Crippen LogP) is 1.46. The van der Waals surface area contributed by atoms with Crippen molar-refractivity contribution >= 4 is 5.82 Å². The second kappa shape index (κ2) is 5.75. The Balaban J connectivity index is 1.84. The van der Waals surface area contributed by atoms with Crippen molar-refractivity contribution in [3.05, 3.63) is 41.6 Å². The second-order valence-electron chi connectivity index (χ2n) is 5.44. The minimum Gasteiger partial charge on any atom is -0.493 e. The number of nitrogens with zero attached hydrogens (tertiary/aromatic N) is 2. The number of fused-ring (bicyclic) bond motifs is 1. The third-order valence-electron chi connectivity index (χ3n) is 4.19. The molecule has 2 aromatic rings. The highest BCUT2D eigenvalue weighted by atomic mass is 16.5. The smallest absolute Gasteiger partial charge is 0.126 e. The van der Waals surface area contributed by atoms with Crippen molar-refractivity contribution in [3.63, 3.8) is 0 Å². The number of nitrogens with two attached hydrogens (primary N) is 2. The summed E-state index contributed by atoms with van der Waals surface area (Å²) in [5.74, 6) is 7.77. The molecule has 0 aliphatic carbocycles. The van der Waals surface area contributed by atoms with E-state index >= 15 is 0 Å². The van der Waals surface area contributed by atoms with Gasteiger partial charge < -0.3 is 10.5 Å². The molecule has 3 rings (SSSR count). The molecule has 5 N–H and O–H groups in total. The van der Waals surface area contributed by atoms with E-state index < -0.39 is 0 Å². The van der Waals surface area contributed by atoms with E-state index in [9.17, 15) is 0 Å². The van der Waals surface area contributed by atoms with Gasteiger partial charge in [-0.05, 0) is 30.4 Å². The van der Waals surface area contributed by atoms with Gasteiger partial charge in [0.15, 0.2) is 0 Å². The largest absolute Gasteiger partial charge is 0.493 e. The Morgan fingerprint density at radius 2 is 2.29 bits per heavy atom. The second-order valence-corrected chi connectivity index (χ2v) is 5.44. The molecule has 0 radical (unpaired) electrons. The van der Waals surface area contributed by atoms with E-state index in [0.717, 1.165) is 30.8 Å². The maximum absolute atomic E-state index is 6.06. The molecule has 1 aliphatic heterocycles. The van der Waals surface area contributed by atoms with E-state index in [1.54, 1.807) is 10.9 Å². The molecule has 0 amide bonds. The van der Waals surface area contributed by atoms with Gasteiger partial charge in [-0.1, -0.05) is 18.2 Å². The van der Waals surface area contributed by atoms with Crippen LogP contribution in [0.5, 0.6) is 5.75 Å². The first-order valence-corrected chi connectivity index (χ1v) is 7.16. The molecule has 1 aliphatic rings. The number of aryl methyl sites for hydroxylation is 1. The van der Waals surface area contributed by atoms with Crippen LogP contribution in [0.3, 0.4) is 0 Å². The van der Waals surface area contributed by atoms with Gasteiger partial charge in [-0.15, -0.1) is 0 Å². The first kappa shape index (κ1) is 13.9. The summed E-state index contributed by atoms with van der Waals surface area (Å²) in [6.45, 7) is 0.738. The highest BCUT2D eigenvalue weighted by Gasteiger charge is 2.26. The van der Waals surface area contributed by atoms with E-state index in [2.05, 4.69) is 16.6 Å². The van der Waals surface area contributed by atoms with E-state index in [4.69, 9.17) is 16.3 Å². The number of anilines is 1. The van der Waals surface area contributed by atoms with Gasteiger partial charge in [-0.2, -0.15) is 5.10 Å². The lowest BCUT2D eigenvalue weighted by atomic mass is 9.86. The maximum Gasteiger partial charge on any atom is 0.126 e. The summed E-state index contributed by atoms with van der Waals surface area (Å²) in [5.41, 5.74) is 11.1. The first-order valence-electron chi connectivity index (χ1n) is 7.16. The van der Waals surface area contributed by atoms with Crippen LogP contribution in [0, 0.1) is 0 Å². The van der Waals surface area contributed by atoms with Crippen LogP contribution in [0.2, 0.25) is 0 Å². The van der Waals surface area contributed by atoms with E-state index in [-0.39, 0.29) is 6.04 Å². The monoisotopic (exact) mass is 287 g/mol. The number of hydrazine groups is 1. The van der Waals surface area contributed by atoms with Gasteiger partial charge in [-0.25, -0.2) is 0 Å². The van der Waals surface area contributed by atoms with Crippen LogP contribution in [0.1, 0.15) is 35.9 Å². The number of nitrogens with one attached hydrogen (secondary N) is 1. The van der Waals surface area contributed by atoms with Crippen LogP contribution < -0.4 is 21.7 Å². The predicted molar refractivity (Wildman–Crippen MR) is 81.6 cm³/mol. The minimum absolute atomic E-state index is 0.0187. The summed E-state index contributed by atoms with van der Waals surface area (Å²) in [6, 6.07) is 8.17. The fraction of sp³-hybridized carbons (Fsp3) is 0.400. The lowest BCUT2D eigenvalue weighted by molar-refractivity contribution is 0.255. The van der Waals surface area contributed by atoms with Gasteiger partial charge >= 0.3 is 0 Å². The van der Waals surface area contributed by atoms with Crippen molar-refractivity contribution in [1.82, 2.24) is 15.2 Å². The number of benzene rings is 1. The van der Waals surface area contributed by atoms with Gasteiger partial charge in [0.2, 0.25) is 0 Å². The standard InChI is InChI=1S/C15H21N5O/c1-20-15(16)12(9-18-20)13(19-17)8-10-6-7-21-14-5-3-2-4-11(10)14/h2-5,9-10,13,19H,6-8,16-17H2,1H3. The Morgan fingerprint density at radius 1 is 1.48 bits per heavy atom. The molecule has 1 aromatic heterocycles. The van der Waals surface area contributed by atoms with E-state index in [0.29, 0.717) is 11.7 Å². The molecule has 2 atom stereocenters. The number of nitrogen functional groups attached to an aromatic ring is 1. The minimum atomic E-state index is -0.0187. The van der Waals surface area contributed by atoms with Crippen molar-refractivity contribution < 1.29 is 4.74 Å². The summed E-state index contributed by atoms with van der Waals surface area (Å²) < 4.78 is 7.37. The molecular weight excluding hydrogens is 266 g/mol. The molecule has 21 heavy (non-hydrogen) atoms. The topological polar surface area (TPSA) is 91.1 Å². The highest BCUT2D eigenvalue weighted by Crippen LogP contribution is 2.39. The molecule has 6 nitrogen and oxygen atoms in total. The van der Waals surface area contributed by atoms with Crippen LogP contribution in [-0.4, -0.2) is 16.4 Å². The Hall–Kier alpha value is -2.05. The van der Waals surface area contributed by atoms with Gasteiger partial charge in [0.25, 0.3) is 0 Å². The Labute approximate surface area is 124 Å². The molecule has 1 aromatic carbocycles. The van der Waals surface area contributed by atoms with Crippen LogP contribution in [0.15, 0.2) is 30.5 Å². The van der Waals surface area contributed by atoms with Crippen molar-refractivity contribution in [3.8, 4) is 5.75 Å². The third-order valence-corrected chi connectivity index (χ3v) is 4.19. The summed E-state index contributed by atoms with van der Waals surface area (Å²) >= 11 is 0. The van der Waals surface area contributed by atoms with Gasteiger partial charge in [0.1, 0.15) is 11.6 Å². The Morgan fingerprint density at radius 3 is 3.00 bits per heavy atom. The van der Waals surface area contributed by atoms with Crippen LogP contribution in [-0.2, 0) is 7.05 Å². The zero-order valence-corrected chi connectivity index (χ0v) is 12.1. The lowest BCUT2D eigenvalue weighted by Gasteiger charge is -2.28. The zero-order chi connectivity index (χ0) is 14.8. The van der Waals surface area contributed by atoms with Crippen molar-refractivity contribution in [2.75, 3.05) is 12.3 Å². The van der Waals surface area contributed by atoms with Crippen LogP contribution in [0.4, 0.5) is 5.82 Å². The first-order chi connectivity index (χ1) is 10.2. The normalized spacial score (nSPS) is 18.9. The lowest BCUT2D eigenvalue weighted by Crippen LogP contribution is -2.30. The van der Waals surface area contributed by atoms with Crippen LogP contribution >= 0.6 is 0 Å². The van der Waals surface area contributed by atoms with Crippen molar-refractivity contribution in [2.45, 2.75) is 24.8 Å². The molecule has 2 unspecified atom stereocenters. The average Bonchev–Trinajstić information content (AvgIpc) is 2.85. The summed E-state index contributed by atoms with van der Waals surface area (Å²) in [6.07, 6.45) is 3.63. The number of hydrogen-bond acceptors (Lipinski definition) is 5. The number of para-hydroxylation sites is 1. The molecule has 0 bridgehead atoms. The molecule has 112 valence electrons. The number of rotatable bonds is 4. The summed E-state index contributed by atoms with van der Waals surface area (Å²) in [4.78, 5) is 0. The fourth-order valence-electron chi connectivity index (χ4n) is 2.96. The molecule has 2 heterocycles. The molecule has 0 saturated heterocycles. The average molecular weight is 287 g/mol. The molecule has 0 saturated carbocycles. The zero-order valence-electron chi connectivity index (χ0n) is 12.1. The summed E-state index contributed by atoms with van der Waals surface area (Å²) in [5, 5.41) is 4.19. The number of ether oxygens (including phenoxy) is 1. The molecule has 6 heteroatoms. The highest BCUT2D eigenvalue weighted by molar-refractivity contribution is 5.42.